The summed E-state index contributed by atoms with van der Waals surface area (Å²) in [5.74, 6) is 5.25. The normalized spacial score (nSPS) is 16.2. The number of aliphatic hydroxyl groups is 2. The molecule has 0 spiro atoms. The van der Waals surface area contributed by atoms with Crippen molar-refractivity contribution in [1.29, 1.82) is 0 Å². The minimum Gasteiger partial charge on any atom is -0.508 e. The Morgan fingerprint density at radius 3 is 1.23 bits per heavy atom. The summed E-state index contributed by atoms with van der Waals surface area (Å²) in [5, 5.41) is 42.4. The standard InChI is InChI=1S/C16H28O6Si.C14H22O3.C13H22O5Si.C12H24O2.C11H22O4Si.C10H14O.C7H18O3Si.C5H12.8CH4.HNO3/c1-6-20-23(21-7-2,22-8-3)13-19-15-10-9-14(12-17-4)11-16(15)18-5;1-14(2,3)10-17-12-7-6-11(9-15-4)8-13(12)16-5;1-6-17-11(2)18-12-7-9-13(10-8-12)19(14-3,15-4)16-5;1-12(2,3)7-6-9-4-5-10(13)11(14)8-9;1-12-16(13-2,14-3)7-6-9-4-5-10-11(8-9)15-10;1-10(2,3)8-4-6-9(11)7-5-8;1-5-8-11(4,9-6-2)10-7-3;1-5(2,3)4;;;;;;;;;2-1(3)4/h9-11H,6-8,12-13H2,1-5H3;6-8H,9-10H2,1-5H3;7-11H,6H2,1-5H3;9-11,13-14H,4-8H2,1-3H3;9-11H,4-8H2,1-3H3;4-7,11H,1-3H3;5-7H2,1-4H3;1-4H3;8*1H4;(H,2,3,4). The fourth-order valence-corrected chi connectivity index (χ4v) is 19.7. The molecule has 7 rings (SSSR count). The first-order valence-electron chi connectivity index (χ1n) is 42.0. The Morgan fingerprint density at radius 1 is 0.484 bits per heavy atom. The van der Waals surface area contributed by atoms with E-state index in [1.54, 1.807) is 83.2 Å². The van der Waals surface area contributed by atoms with Crippen molar-refractivity contribution in [3.05, 3.63) is 112 Å². The van der Waals surface area contributed by atoms with Crippen molar-refractivity contribution >= 4 is 40.4 Å². The molecule has 4 N–H and O–H groups in total. The molecule has 4 aromatic rings. The maximum Gasteiger partial charge on any atom is 0.540 e. The first kappa shape index (κ1) is 143. The van der Waals surface area contributed by atoms with Gasteiger partial charge in [-0.25, -0.2) is 0 Å². The van der Waals surface area contributed by atoms with Gasteiger partial charge in [0.1, 0.15) is 11.5 Å². The fourth-order valence-electron chi connectivity index (χ4n) is 12.0. The summed E-state index contributed by atoms with van der Waals surface area (Å²) in [5.41, 5.74) is 4.53. The number of hydrogen-bond acceptors (Lipinski definition) is 26. The molecular formula is C96H195NO27Si4. The van der Waals surface area contributed by atoms with E-state index in [0.717, 1.165) is 71.2 Å². The van der Waals surface area contributed by atoms with E-state index in [0.29, 0.717) is 112 Å². The van der Waals surface area contributed by atoms with E-state index in [1.807, 2.05) is 135 Å². The molecule has 1 aliphatic heterocycles. The van der Waals surface area contributed by atoms with E-state index < -0.39 is 52.5 Å². The summed E-state index contributed by atoms with van der Waals surface area (Å²) in [7, 11) is 6.18. The number of fused-ring (bicyclic) bond motifs is 1. The second-order valence-corrected chi connectivity index (χ2v) is 44.7. The summed E-state index contributed by atoms with van der Waals surface area (Å²) in [6, 6.07) is 27.3. The largest absolute Gasteiger partial charge is 0.540 e. The van der Waals surface area contributed by atoms with Crippen LogP contribution < -0.4 is 28.9 Å². The lowest BCUT2D eigenvalue weighted by Gasteiger charge is -2.31. The lowest BCUT2D eigenvalue weighted by molar-refractivity contribution is -0.742. The number of aliphatic hydroxyl groups excluding tert-OH is 2. The number of aromatic hydroxyl groups is 1. The highest BCUT2D eigenvalue weighted by Gasteiger charge is 2.46. The number of nitrogens with zero attached hydrogens (tertiary/aromatic N) is 1. The van der Waals surface area contributed by atoms with Crippen LogP contribution in [-0.2, 0) is 90.7 Å². The van der Waals surface area contributed by atoms with E-state index >= 15 is 0 Å². The van der Waals surface area contributed by atoms with E-state index in [2.05, 4.69) is 90.0 Å². The Labute approximate surface area is 786 Å². The van der Waals surface area contributed by atoms with Gasteiger partial charge in [0, 0.05) is 121 Å². The van der Waals surface area contributed by atoms with E-state index in [-0.39, 0.29) is 82.8 Å². The van der Waals surface area contributed by atoms with Gasteiger partial charge in [-0.15, -0.1) is 10.1 Å². The minimum absolute atomic E-state index is 0. The van der Waals surface area contributed by atoms with Crippen LogP contribution in [0, 0.1) is 38.2 Å². The van der Waals surface area contributed by atoms with Crippen molar-refractivity contribution in [2.24, 2.45) is 28.1 Å². The number of epoxide rings is 1. The maximum absolute atomic E-state index is 9.53. The Morgan fingerprint density at radius 2 is 0.891 bits per heavy atom. The molecule has 1 saturated heterocycles. The van der Waals surface area contributed by atoms with Crippen molar-refractivity contribution < 1.29 is 121 Å². The Hall–Kier alpha value is -4.97. The molecule has 0 radical (unpaired) electrons. The third-order valence-corrected chi connectivity index (χ3v) is 28.5. The molecule has 0 aromatic heterocycles. The van der Waals surface area contributed by atoms with Gasteiger partial charge in [-0.2, -0.15) is 0 Å². The zero-order valence-corrected chi connectivity index (χ0v) is 83.6. The van der Waals surface area contributed by atoms with Gasteiger partial charge < -0.3 is 116 Å². The van der Waals surface area contributed by atoms with Crippen LogP contribution in [0.3, 0.4) is 0 Å². The SMILES string of the molecule is C.C.C.C.C.C.C.C.CC(C)(C)C.CC(C)(C)CCC1CCC(O)C(O)C1.CC(C)(C)c1ccc(O)cc1.CCOC(C)Oc1ccc([Si](OC)(OC)OC)cc1.CCO[Si](C)(OCC)OCC.CCO[Si](COc1ccc(COC)cc1OC)(OCC)OCC.COCc1ccc(OCC(C)(C)C)c(OC)c1.CO[Si](CCC1CCC2OC2C1)(OC)OC.O=[N+]([O-])O. The Bertz CT molecular complexity index is 3150. The summed E-state index contributed by atoms with van der Waals surface area (Å²) in [6.07, 6.45) is 10.1. The molecule has 0 amide bonds. The molecule has 1 heterocycles. The van der Waals surface area contributed by atoms with Gasteiger partial charge in [-0.05, 0) is 212 Å². The second kappa shape index (κ2) is 76.3. The van der Waals surface area contributed by atoms with Crippen LogP contribution in [0.25, 0.3) is 0 Å². The summed E-state index contributed by atoms with van der Waals surface area (Å²) in [4.78, 5) is 8.36. The molecule has 3 aliphatic rings. The van der Waals surface area contributed by atoms with Crippen LogP contribution in [0.15, 0.2) is 84.9 Å². The van der Waals surface area contributed by atoms with Crippen LogP contribution in [0.4, 0.5) is 0 Å². The molecule has 4 aromatic carbocycles. The van der Waals surface area contributed by atoms with Crippen molar-refractivity contribution in [1.82, 2.24) is 0 Å². The van der Waals surface area contributed by atoms with Crippen LogP contribution in [0.2, 0.25) is 12.6 Å². The lowest BCUT2D eigenvalue weighted by Crippen LogP contribution is -2.54. The van der Waals surface area contributed by atoms with Crippen molar-refractivity contribution in [3.8, 4) is 34.5 Å². The molecule has 7 unspecified atom stereocenters. The quantitative estimate of drug-likeness (QED) is 0.0106. The molecule has 762 valence electrons. The van der Waals surface area contributed by atoms with Gasteiger partial charge in [0.15, 0.2) is 35.5 Å². The van der Waals surface area contributed by atoms with Gasteiger partial charge >= 0.3 is 35.2 Å². The number of phenolic OH excluding ortho intramolecular Hbond substituents is 1. The highest BCUT2D eigenvalue weighted by Crippen LogP contribution is 2.42. The predicted molar refractivity (Wildman–Crippen MR) is 534 cm³/mol. The molecule has 2 aliphatic carbocycles. The van der Waals surface area contributed by atoms with Gasteiger partial charge in [0.25, 0.3) is 5.09 Å². The van der Waals surface area contributed by atoms with Crippen molar-refractivity contribution in [3.63, 3.8) is 0 Å². The van der Waals surface area contributed by atoms with Crippen molar-refractivity contribution in [2.45, 2.75) is 325 Å². The fraction of sp³-hybridized carbons (Fsp3) is 0.750. The average Bonchev–Trinajstić information content (AvgIpc) is 1.62. The van der Waals surface area contributed by atoms with Gasteiger partial charge in [0.2, 0.25) is 0 Å². The second-order valence-electron chi connectivity index (χ2n) is 33.6. The third kappa shape index (κ3) is 64.8. The van der Waals surface area contributed by atoms with Crippen molar-refractivity contribution in [2.75, 3.05) is 130 Å². The highest BCUT2D eigenvalue weighted by molar-refractivity contribution is 6.75. The molecule has 28 nitrogen and oxygen atoms in total. The van der Waals surface area contributed by atoms with Crippen LogP contribution >= 0.6 is 0 Å². The first-order chi connectivity index (χ1) is 56.2. The molecule has 0 bridgehead atoms. The number of rotatable bonds is 39. The summed E-state index contributed by atoms with van der Waals surface area (Å²) >= 11 is 0. The van der Waals surface area contributed by atoms with E-state index in [9.17, 15) is 10.2 Å². The number of hydrogen-bond donors (Lipinski definition) is 4. The summed E-state index contributed by atoms with van der Waals surface area (Å²) < 4.78 is 115. The van der Waals surface area contributed by atoms with E-state index in [4.69, 9.17) is 116 Å². The monoisotopic (exact) mass is 1910 g/mol. The highest BCUT2D eigenvalue weighted by atomic mass is 28.4. The third-order valence-electron chi connectivity index (χ3n) is 18.0. The zero-order valence-electron chi connectivity index (χ0n) is 79.6. The maximum atomic E-state index is 9.53. The molecule has 3 fully saturated rings. The number of methoxy groups -OCH3 is 4. The zero-order chi connectivity index (χ0) is 92.0. The molecule has 32 heteroatoms. The molecule has 2 saturated carbocycles. The smallest absolute Gasteiger partial charge is 0.508 e. The summed E-state index contributed by atoms with van der Waals surface area (Å²) in [6.45, 7) is 51.6. The van der Waals surface area contributed by atoms with Gasteiger partial charge in [0.05, 0.1) is 58.5 Å². The number of ether oxygens (including phenoxy) is 9. The van der Waals surface area contributed by atoms with Gasteiger partial charge in [-0.3, -0.25) is 0 Å². The topological polar surface area (TPSA) is 321 Å². The minimum atomic E-state index is -2.85. The Balaban J connectivity index is -0.000000156. The molecular weight excluding hydrogens is 1710 g/mol. The Kier molecular flexibility index (Phi) is 85.5. The lowest BCUT2D eigenvalue weighted by atomic mass is 9.79. The van der Waals surface area contributed by atoms with Gasteiger partial charge in [-0.1, -0.05) is 186 Å². The number of phenols is 1. The van der Waals surface area contributed by atoms with E-state index in [1.165, 1.54) is 37.7 Å². The number of benzene rings is 4. The molecule has 128 heavy (non-hydrogen) atoms. The molecule has 7 atom stereocenters. The average molecular weight is 1910 g/mol. The van der Waals surface area contributed by atoms with Crippen LogP contribution in [0.5, 0.6) is 34.5 Å². The van der Waals surface area contributed by atoms with Crippen LogP contribution in [-0.4, -0.2) is 222 Å². The first-order valence-corrected chi connectivity index (χ1v) is 49.8. The van der Waals surface area contributed by atoms with Crippen LogP contribution in [0.1, 0.15) is 279 Å². The predicted octanol–water partition coefficient (Wildman–Crippen LogP) is 22.9.